The van der Waals surface area contributed by atoms with Crippen LogP contribution in [-0.2, 0) is 17.6 Å². The fourth-order valence-electron chi connectivity index (χ4n) is 4.39. The van der Waals surface area contributed by atoms with Crippen molar-refractivity contribution in [3.05, 3.63) is 99.7 Å². The summed E-state index contributed by atoms with van der Waals surface area (Å²) in [6.07, 6.45) is 8.10. The van der Waals surface area contributed by atoms with Gasteiger partial charge in [0, 0.05) is 15.5 Å². The van der Waals surface area contributed by atoms with Crippen LogP contribution in [0.25, 0.3) is 27.6 Å². The second kappa shape index (κ2) is 8.70. The van der Waals surface area contributed by atoms with Gasteiger partial charge in [-0.2, -0.15) is 0 Å². The summed E-state index contributed by atoms with van der Waals surface area (Å²) < 4.78 is 4.81. The van der Waals surface area contributed by atoms with Gasteiger partial charge in [-0.15, -0.1) is 11.3 Å². The number of hydrogen-bond donors (Lipinski definition) is 0. The molecule has 4 aromatic rings. The summed E-state index contributed by atoms with van der Waals surface area (Å²) in [5.41, 5.74) is 4.81. The normalized spacial score (nSPS) is 13.5. The van der Waals surface area contributed by atoms with E-state index in [9.17, 15) is 4.79 Å². The molecule has 1 aliphatic rings. The van der Waals surface area contributed by atoms with Gasteiger partial charge in [-0.3, -0.25) is 0 Å². The Morgan fingerprint density at radius 3 is 2.42 bits per heavy atom. The van der Waals surface area contributed by atoms with Crippen LogP contribution in [0.5, 0.6) is 0 Å². The molecule has 0 fully saturated rings. The van der Waals surface area contributed by atoms with E-state index in [0.29, 0.717) is 5.56 Å². The lowest BCUT2D eigenvalue weighted by Crippen LogP contribution is -2.00. The Kier molecular flexibility index (Phi) is 5.63. The van der Waals surface area contributed by atoms with E-state index in [1.54, 1.807) is 16.4 Å². The van der Waals surface area contributed by atoms with Gasteiger partial charge in [0.25, 0.3) is 0 Å². The molecule has 0 bridgehead atoms. The van der Waals surface area contributed by atoms with E-state index in [1.807, 2.05) is 35.6 Å². The van der Waals surface area contributed by atoms with Crippen LogP contribution in [0.2, 0.25) is 0 Å². The van der Waals surface area contributed by atoms with Gasteiger partial charge < -0.3 is 4.74 Å². The lowest BCUT2D eigenvalue weighted by atomic mass is 10.1. The number of thiophene rings is 1. The fourth-order valence-corrected chi connectivity index (χ4v) is 8.32. The van der Waals surface area contributed by atoms with Crippen molar-refractivity contribution in [1.29, 1.82) is 0 Å². The summed E-state index contributed by atoms with van der Waals surface area (Å²) in [7, 11) is 0.853. The van der Waals surface area contributed by atoms with Crippen LogP contribution in [-0.4, -0.2) is 13.1 Å². The van der Waals surface area contributed by atoms with Gasteiger partial charge in [0.05, 0.1) is 12.7 Å². The van der Waals surface area contributed by atoms with E-state index in [-0.39, 0.29) is 5.97 Å². The van der Waals surface area contributed by atoms with Gasteiger partial charge in [0.1, 0.15) is 0 Å². The first-order chi connectivity index (χ1) is 15.3. The predicted octanol–water partition coefficient (Wildman–Crippen LogP) is 7.84. The van der Waals surface area contributed by atoms with Crippen LogP contribution >= 0.6 is 18.9 Å². The third-order valence-corrected chi connectivity index (χ3v) is 9.52. The van der Waals surface area contributed by atoms with Gasteiger partial charge in [-0.05, 0) is 70.9 Å². The first-order valence-electron chi connectivity index (χ1n) is 10.5. The molecule has 1 aliphatic carbocycles. The first kappa shape index (κ1) is 20.1. The maximum absolute atomic E-state index is 11.7. The summed E-state index contributed by atoms with van der Waals surface area (Å²) in [4.78, 5) is 13.1. The standard InChI is InChI=1S/C27H23O2PS/c1-29-27(28)20-15-12-19(13-16-20)14-17-24-22-9-5-10-23(22)26(25-11-6-18-31-25)30(24)21-7-3-2-4-8-21/h2-4,6-8,11-18H,5,9-10H2,1H3/b17-14+. The molecular formula is C27H23O2PS. The molecule has 0 spiro atoms. The third-order valence-electron chi connectivity index (χ3n) is 5.81. The summed E-state index contributed by atoms with van der Waals surface area (Å²) in [5.74, 6) is -0.302. The molecule has 1 unspecified atom stereocenters. The Balaban J connectivity index is 1.63. The quantitative estimate of drug-likeness (QED) is 0.294. The predicted molar refractivity (Wildman–Crippen MR) is 133 cm³/mol. The zero-order valence-electron chi connectivity index (χ0n) is 17.4. The minimum atomic E-state index is -0.558. The molecule has 4 heteroatoms. The Morgan fingerprint density at radius 1 is 0.935 bits per heavy atom. The molecule has 0 N–H and O–H groups in total. The molecule has 1 atom stereocenters. The van der Waals surface area contributed by atoms with E-state index < -0.39 is 7.53 Å². The largest absolute Gasteiger partial charge is 0.465 e. The van der Waals surface area contributed by atoms with Crippen molar-refractivity contribution >= 4 is 37.0 Å². The number of carbonyl (C=O) groups excluding carboxylic acids is 1. The SMILES string of the molecule is COC(=O)c1ccc(/C=C/c2c3c(c(-c4cccs4)p2-c2ccccc2)CCC3)cc1. The number of benzene rings is 2. The number of rotatable bonds is 5. The van der Waals surface area contributed by atoms with E-state index in [1.165, 1.54) is 35.4 Å². The molecule has 2 nitrogen and oxygen atoms in total. The lowest BCUT2D eigenvalue weighted by molar-refractivity contribution is 0.0600. The summed E-state index contributed by atoms with van der Waals surface area (Å²) >= 11 is 1.85. The van der Waals surface area contributed by atoms with E-state index in [2.05, 4.69) is 60.0 Å². The number of methoxy groups -OCH3 is 1. The molecule has 0 aliphatic heterocycles. The second-order valence-corrected chi connectivity index (χ2v) is 10.7. The Bertz CT molecular complexity index is 1230. The van der Waals surface area contributed by atoms with Crippen molar-refractivity contribution in [1.82, 2.24) is 0 Å². The lowest BCUT2D eigenvalue weighted by Gasteiger charge is -2.10. The number of carbonyl (C=O) groups is 1. The molecular weight excluding hydrogens is 419 g/mol. The molecule has 31 heavy (non-hydrogen) atoms. The van der Waals surface area contributed by atoms with Crippen LogP contribution in [0.3, 0.4) is 0 Å². The average Bonchev–Trinajstić information content (AvgIpc) is 3.56. The number of fused-ring (bicyclic) bond motifs is 1. The van der Waals surface area contributed by atoms with Crippen molar-refractivity contribution < 1.29 is 9.53 Å². The fraction of sp³-hybridized carbons (Fsp3) is 0.148. The molecule has 5 rings (SSSR count). The monoisotopic (exact) mass is 442 g/mol. The number of hydrogen-bond acceptors (Lipinski definition) is 3. The van der Waals surface area contributed by atoms with Gasteiger partial charge in [0.15, 0.2) is 0 Å². The minimum absolute atomic E-state index is 0.302. The highest BCUT2D eigenvalue weighted by molar-refractivity contribution is 7.62. The van der Waals surface area contributed by atoms with Gasteiger partial charge in [0.2, 0.25) is 0 Å². The minimum Gasteiger partial charge on any atom is -0.465 e. The highest BCUT2D eigenvalue weighted by Crippen LogP contribution is 2.60. The summed E-state index contributed by atoms with van der Waals surface area (Å²) in [6.45, 7) is 0. The molecule has 2 heterocycles. The Labute approximate surface area is 187 Å². The molecule has 2 aromatic carbocycles. The van der Waals surface area contributed by atoms with Gasteiger partial charge in [-0.25, -0.2) is 4.79 Å². The van der Waals surface area contributed by atoms with Crippen LogP contribution in [0, 0.1) is 0 Å². The second-order valence-electron chi connectivity index (χ2n) is 7.64. The van der Waals surface area contributed by atoms with E-state index in [0.717, 1.165) is 12.0 Å². The maximum atomic E-state index is 11.7. The molecule has 0 amide bonds. The zero-order chi connectivity index (χ0) is 21.2. The van der Waals surface area contributed by atoms with Crippen molar-refractivity contribution in [2.24, 2.45) is 0 Å². The van der Waals surface area contributed by atoms with Crippen LogP contribution < -0.4 is 0 Å². The van der Waals surface area contributed by atoms with Crippen molar-refractivity contribution in [2.75, 3.05) is 7.11 Å². The van der Waals surface area contributed by atoms with Crippen LogP contribution in [0.1, 0.15) is 38.8 Å². The number of esters is 1. The highest BCUT2D eigenvalue weighted by Gasteiger charge is 2.27. The first-order valence-corrected chi connectivity index (χ1v) is 12.7. The molecule has 0 saturated carbocycles. The van der Waals surface area contributed by atoms with Gasteiger partial charge >= 0.3 is 5.97 Å². The molecule has 0 saturated heterocycles. The van der Waals surface area contributed by atoms with Crippen molar-refractivity contribution in [3.8, 4) is 15.5 Å². The highest BCUT2D eigenvalue weighted by atomic mass is 32.1. The topological polar surface area (TPSA) is 26.3 Å². The van der Waals surface area contributed by atoms with Crippen LogP contribution in [0.15, 0.2) is 72.1 Å². The van der Waals surface area contributed by atoms with Gasteiger partial charge in [-0.1, -0.05) is 62.1 Å². The molecule has 154 valence electrons. The third kappa shape index (κ3) is 3.80. The Hall–Kier alpha value is -2.87. The Morgan fingerprint density at radius 2 is 1.71 bits per heavy atom. The number of ether oxygens (including phenoxy) is 1. The van der Waals surface area contributed by atoms with Crippen molar-refractivity contribution in [2.45, 2.75) is 19.3 Å². The smallest absolute Gasteiger partial charge is 0.337 e. The summed E-state index contributed by atoms with van der Waals surface area (Å²) in [6, 6.07) is 23.0. The maximum Gasteiger partial charge on any atom is 0.337 e. The van der Waals surface area contributed by atoms with E-state index >= 15 is 0 Å². The molecule has 2 aromatic heterocycles. The van der Waals surface area contributed by atoms with Crippen molar-refractivity contribution in [3.63, 3.8) is 0 Å². The summed E-state index contributed by atoms with van der Waals surface area (Å²) in [5, 5.41) is 6.64. The van der Waals surface area contributed by atoms with E-state index in [4.69, 9.17) is 4.74 Å². The zero-order valence-corrected chi connectivity index (χ0v) is 19.1. The molecule has 0 radical (unpaired) electrons. The average molecular weight is 443 g/mol. The van der Waals surface area contributed by atoms with Crippen LogP contribution in [0.4, 0.5) is 0 Å².